The predicted molar refractivity (Wildman–Crippen MR) is 230 cm³/mol. The van der Waals surface area contributed by atoms with Crippen molar-refractivity contribution in [3.8, 4) is 22.3 Å². The van der Waals surface area contributed by atoms with Crippen molar-refractivity contribution in [1.82, 2.24) is 0 Å². The number of fused-ring (bicyclic) bond motifs is 8. The number of para-hydroxylation sites is 2. The van der Waals surface area contributed by atoms with Crippen LogP contribution in [0.1, 0.15) is 90.6 Å². The molecule has 266 valence electrons. The number of benzene rings is 6. The van der Waals surface area contributed by atoms with Crippen LogP contribution in [-0.4, -0.2) is 13.1 Å². The van der Waals surface area contributed by atoms with Crippen LogP contribution in [0.4, 0.5) is 17.1 Å². The lowest BCUT2D eigenvalue weighted by molar-refractivity contribution is 0.639. The molecule has 4 aliphatic rings. The van der Waals surface area contributed by atoms with Crippen molar-refractivity contribution in [2.45, 2.75) is 64.2 Å². The summed E-state index contributed by atoms with van der Waals surface area (Å²) in [5.74, 6) is 0. The van der Waals surface area contributed by atoms with Gasteiger partial charge in [0.15, 0.2) is 0 Å². The van der Waals surface area contributed by atoms with Gasteiger partial charge in [-0.05, 0) is 134 Å². The second-order valence-electron chi connectivity index (χ2n) is 16.9. The Morgan fingerprint density at radius 2 is 0.981 bits per heavy atom. The summed E-state index contributed by atoms with van der Waals surface area (Å²) in [6, 6.07) is 46.0. The Balaban J connectivity index is 0.918. The van der Waals surface area contributed by atoms with Crippen LogP contribution in [-0.2, 0) is 23.7 Å². The number of aryl methyl sites for hydroxylation is 2. The van der Waals surface area contributed by atoms with Gasteiger partial charge in [-0.2, -0.15) is 0 Å². The minimum absolute atomic E-state index is 0.0764. The molecule has 0 atom stereocenters. The van der Waals surface area contributed by atoms with E-state index in [0.717, 1.165) is 13.1 Å². The molecule has 2 heteroatoms. The maximum absolute atomic E-state index is 2.54. The van der Waals surface area contributed by atoms with Gasteiger partial charge in [0.1, 0.15) is 0 Å². The molecule has 0 aromatic heterocycles. The van der Waals surface area contributed by atoms with Crippen LogP contribution in [0.25, 0.3) is 40.5 Å². The van der Waals surface area contributed by atoms with Crippen LogP contribution in [0, 0.1) is 0 Å². The smallest absolute Gasteiger partial charge is 0.0443 e. The average molecular weight is 701 g/mol. The molecule has 0 radical (unpaired) electrons. The zero-order chi connectivity index (χ0) is 36.6. The van der Waals surface area contributed by atoms with Gasteiger partial charge in [0.2, 0.25) is 0 Å². The standard InChI is InChI=1S/C52H48N2/c1-51(2)45-31-36(18-17-35-19-23-40(24-20-35)54-29-10-14-39-12-6-8-16-50(39)54)21-25-41(45)43-33-44-42-26-22-37(32-46(42)52(3,4)48(44)34-47(43)51)27-30-53-28-9-13-38-11-5-7-15-49(38)53/h5-8,11-12,15-27,30-34H,9-10,13-14,28-29H2,1-4H3/b18-17+,30-27+. The van der Waals surface area contributed by atoms with Gasteiger partial charge >= 0.3 is 0 Å². The second-order valence-corrected chi connectivity index (χ2v) is 16.9. The first-order valence-electron chi connectivity index (χ1n) is 19.9. The largest absolute Gasteiger partial charge is 0.348 e. The molecule has 2 aliphatic carbocycles. The van der Waals surface area contributed by atoms with Crippen molar-refractivity contribution in [1.29, 1.82) is 0 Å². The highest BCUT2D eigenvalue weighted by Gasteiger charge is 2.41. The van der Waals surface area contributed by atoms with Crippen molar-refractivity contribution < 1.29 is 0 Å². The normalized spacial score (nSPS) is 17.3. The Morgan fingerprint density at radius 3 is 1.65 bits per heavy atom. The summed E-state index contributed by atoms with van der Waals surface area (Å²) >= 11 is 0. The molecule has 2 aliphatic heterocycles. The first-order valence-corrected chi connectivity index (χ1v) is 19.9. The van der Waals surface area contributed by atoms with Crippen molar-refractivity contribution in [3.63, 3.8) is 0 Å². The molecule has 0 saturated carbocycles. The maximum Gasteiger partial charge on any atom is 0.0443 e. The van der Waals surface area contributed by atoms with E-state index in [-0.39, 0.29) is 10.8 Å². The highest BCUT2D eigenvalue weighted by Crippen LogP contribution is 2.56. The van der Waals surface area contributed by atoms with Crippen molar-refractivity contribution in [3.05, 3.63) is 178 Å². The summed E-state index contributed by atoms with van der Waals surface area (Å²) in [5, 5.41) is 0. The maximum atomic E-state index is 2.54. The Bertz CT molecular complexity index is 2510. The van der Waals surface area contributed by atoms with Gasteiger partial charge < -0.3 is 9.80 Å². The average Bonchev–Trinajstić information content (AvgIpc) is 3.56. The van der Waals surface area contributed by atoms with E-state index in [1.165, 1.54) is 115 Å². The third kappa shape index (κ3) is 5.29. The molecule has 0 fully saturated rings. The van der Waals surface area contributed by atoms with Crippen molar-refractivity contribution in [2.75, 3.05) is 22.9 Å². The minimum atomic E-state index is -0.0839. The lowest BCUT2D eigenvalue weighted by atomic mass is 9.77. The molecule has 0 unspecified atom stereocenters. The van der Waals surface area contributed by atoms with Gasteiger partial charge in [0.05, 0.1) is 0 Å². The van der Waals surface area contributed by atoms with Gasteiger partial charge in [0.25, 0.3) is 0 Å². The zero-order valence-corrected chi connectivity index (χ0v) is 32.0. The van der Waals surface area contributed by atoms with Crippen LogP contribution < -0.4 is 9.80 Å². The highest BCUT2D eigenvalue weighted by atomic mass is 15.1. The molecule has 6 aromatic carbocycles. The van der Waals surface area contributed by atoms with Crippen LogP contribution in [0.5, 0.6) is 0 Å². The quantitative estimate of drug-likeness (QED) is 0.165. The Hall–Kier alpha value is -5.60. The summed E-state index contributed by atoms with van der Waals surface area (Å²) in [5.41, 5.74) is 21.7. The predicted octanol–water partition coefficient (Wildman–Crippen LogP) is 13.0. The minimum Gasteiger partial charge on any atom is -0.348 e. The van der Waals surface area contributed by atoms with Crippen LogP contribution in [0.3, 0.4) is 0 Å². The summed E-state index contributed by atoms with van der Waals surface area (Å²) in [6.45, 7) is 11.8. The Labute approximate surface area is 321 Å². The molecule has 6 aromatic rings. The van der Waals surface area contributed by atoms with Gasteiger partial charge in [-0.25, -0.2) is 0 Å². The summed E-state index contributed by atoms with van der Waals surface area (Å²) < 4.78 is 0. The summed E-state index contributed by atoms with van der Waals surface area (Å²) in [6.07, 6.45) is 13.8. The molecule has 0 spiro atoms. The monoisotopic (exact) mass is 700 g/mol. The molecule has 54 heavy (non-hydrogen) atoms. The number of rotatable bonds is 5. The topological polar surface area (TPSA) is 6.48 Å². The fourth-order valence-electron chi connectivity index (χ4n) is 9.86. The van der Waals surface area contributed by atoms with E-state index in [0.29, 0.717) is 0 Å². The van der Waals surface area contributed by atoms with E-state index in [1.54, 1.807) is 0 Å². The van der Waals surface area contributed by atoms with Crippen molar-refractivity contribution in [2.24, 2.45) is 0 Å². The SMILES string of the molecule is CC1(C)c2cc(/C=C/c3ccc(N4CCCc5ccccc54)cc3)ccc2-c2cc3c(cc21)C(C)(C)c1cc(/C=C/N2CCCc4ccccc42)ccc1-3. The van der Waals surface area contributed by atoms with E-state index >= 15 is 0 Å². The summed E-state index contributed by atoms with van der Waals surface area (Å²) in [4.78, 5) is 4.89. The number of hydrogen-bond donors (Lipinski definition) is 0. The van der Waals surface area contributed by atoms with Crippen LogP contribution in [0.15, 0.2) is 128 Å². The molecule has 0 N–H and O–H groups in total. The number of anilines is 3. The molecule has 0 bridgehead atoms. The van der Waals surface area contributed by atoms with E-state index in [4.69, 9.17) is 0 Å². The molecule has 0 amide bonds. The third-order valence-electron chi connectivity index (χ3n) is 12.9. The lowest BCUT2D eigenvalue weighted by Crippen LogP contribution is -2.24. The molecular formula is C52H48N2. The number of hydrogen-bond acceptors (Lipinski definition) is 2. The molecule has 10 rings (SSSR count). The van der Waals surface area contributed by atoms with E-state index in [2.05, 4.69) is 183 Å². The Kier molecular flexibility index (Phi) is 7.63. The summed E-state index contributed by atoms with van der Waals surface area (Å²) in [7, 11) is 0. The fourth-order valence-corrected chi connectivity index (χ4v) is 9.86. The second kappa shape index (κ2) is 12.5. The van der Waals surface area contributed by atoms with Gasteiger partial charge in [-0.15, -0.1) is 0 Å². The molecular weight excluding hydrogens is 653 g/mol. The van der Waals surface area contributed by atoms with E-state index in [9.17, 15) is 0 Å². The molecule has 0 saturated heterocycles. The van der Waals surface area contributed by atoms with E-state index < -0.39 is 0 Å². The van der Waals surface area contributed by atoms with Crippen LogP contribution >= 0.6 is 0 Å². The van der Waals surface area contributed by atoms with Crippen molar-refractivity contribution >= 4 is 35.3 Å². The number of nitrogens with zero attached hydrogens (tertiary/aromatic N) is 2. The highest BCUT2D eigenvalue weighted by molar-refractivity contribution is 5.91. The lowest BCUT2D eigenvalue weighted by Gasteiger charge is -2.31. The zero-order valence-electron chi connectivity index (χ0n) is 32.0. The van der Waals surface area contributed by atoms with Crippen LogP contribution in [0.2, 0.25) is 0 Å². The molecule has 2 nitrogen and oxygen atoms in total. The fraction of sp³-hybridized carbons (Fsp3) is 0.231. The van der Waals surface area contributed by atoms with Gasteiger partial charge in [-0.3, -0.25) is 0 Å². The Morgan fingerprint density at radius 1 is 0.463 bits per heavy atom. The first kappa shape index (κ1) is 33.0. The van der Waals surface area contributed by atoms with Gasteiger partial charge in [-0.1, -0.05) is 131 Å². The van der Waals surface area contributed by atoms with E-state index in [1.807, 2.05) is 0 Å². The third-order valence-corrected chi connectivity index (χ3v) is 12.9. The first-order chi connectivity index (χ1) is 26.3. The molecule has 2 heterocycles. The van der Waals surface area contributed by atoms with Gasteiger partial charge in [0, 0.05) is 47.2 Å².